The van der Waals surface area contributed by atoms with E-state index in [2.05, 4.69) is 27.3 Å². The summed E-state index contributed by atoms with van der Waals surface area (Å²) in [5.74, 6) is 0.909. The van der Waals surface area contributed by atoms with E-state index in [9.17, 15) is 18.0 Å². The number of guanidine groups is 1. The van der Waals surface area contributed by atoms with Gasteiger partial charge in [-0.1, -0.05) is 31.2 Å². The molecule has 1 fully saturated rings. The van der Waals surface area contributed by atoms with Crippen LogP contribution in [0.15, 0.2) is 29.3 Å². The van der Waals surface area contributed by atoms with Crippen molar-refractivity contribution in [1.29, 1.82) is 0 Å². The van der Waals surface area contributed by atoms with Crippen molar-refractivity contribution in [3.63, 3.8) is 0 Å². The van der Waals surface area contributed by atoms with Crippen LogP contribution in [0.4, 0.5) is 13.2 Å². The number of nitrogens with zero attached hydrogens (tertiary/aromatic N) is 2. The molecule has 0 aromatic heterocycles. The number of rotatable bonds is 10. The van der Waals surface area contributed by atoms with Crippen LogP contribution in [0.5, 0.6) is 0 Å². The van der Waals surface area contributed by atoms with Gasteiger partial charge in [0.1, 0.15) is 6.61 Å². The summed E-state index contributed by atoms with van der Waals surface area (Å²) in [4.78, 5) is 18.1. The molecule has 31 heavy (non-hydrogen) atoms. The lowest BCUT2D eigenvalue weighted by Crippen LogP contribution is -2.41. The highest BCUT2D eigenvalue weighted by molar-refractivity contribution is 14.0. The Morgan fingerprint density at radius 2 is 1.90 bits per heavy atom. The van der Waals surface area contributed by atoms with Crippen LogP contribution in [0.25, 0.3) is 0 Å². The van der Waals surface area contributed by atoms with Crippen LogP contribution in [0, 0.1) is 0 Å². The minimum atomic E-state index is -4.31. The first kappa shape index (κ1) is 27.5. The largest absolute Gasteiger partial charge is 0.411 e. The van der Waals surface area contributed by atoms with E-state index >= 15 is 0 Å². The van der Waals surface area contributed by atoms with Crippen LogP contribution >= 0.6 is 24.0 Å². The van der Waals surface area contributed by atoms with Crippen LogP contribution in [-0.4, -0.2) is 55.7 Å². The van der Waals surface area contributed by atoms with Crippen LogP contribution in [0.2, 0.25) is 0 Å². The molecule has 0 aliphatic carbocycles. The molecule has 1 amide bonds. The zero-order chi connectivity index (χ0) is 22.0. The molecule has 0 bridgehead atoms. The van der Waals surface area contributed by atoms with E-state index < -0.39 is 12.8 Å². The number of hydrogen-bond donors (Lipinski definition) is 2. The number of benzene rings is 1. The molecule has 1 aliphatic rings. The molecule has 176 valence electrons. The summed E-state index contributed by atoms with van der Waals surface area (Å²) in [7, 11) is 1.69. The Bertz CT molecular complexity index is 699. The third kappa shape index (κ3) is 10.1. The zero-order valence-electron chi connectivity index (χ0n) is 18.0. The maximum Gasteiger partial charge on any atom is 0.411 e. The number of aliphatic imine (C=N–C) groups is 1. The number of halogens is 4. The average molecular weight is 556 g/mol. The van der Waals surface area contributed by atoms with Gasteiger partial charge in [0.05, 0.1) is 6.61 Å². The second kappa shape index (κ2) is 13.8. The van der Waals surface area contributed by atoms with Crippen molar-refractivity contribution in [2.24, 2.45) is 4.99 Å². The minimum absolute atomic E-state index is 0. The van der Waals surface area contributed by atoms with Gasteiger partial charge in [0.15, 0.2) is 5.96 Å². The second-order valence-electron chi connectivity index (χ2n) is 7.32. The van der Waals surface area contributed by atoms with Crippen LogP contribution < -0.4 is 10.6 Å². The molecule has 1 unspecified atom stereocenters. The zero-order valence-corrected chi connectivity index (χ0v) is 20.3. The summed E-state index contributed by atoms with van der Waals surface area (Å²) in [6.45, 7) is 2.86. The number of carbonyl (C=O) groups excluding carboxylic acids is 1. The predicted octanol–water partition coefficient (Wildman–Crippen LogP) is 3.84. The summed E-state index contributed by atoms with van der Waals surface area (Å²) in [6, 6.07) is 7.44. The highest BCUT2D eigenvalue weighted by atomic mass is 127. The lowest BCUT2D eigenvalue weighted by Gasteiger charge is -2.27. The number of nitrogens with one attached hydrogen (secondary N) is 2. The third-order valence-electron chi connectivity index (χ3n) is 5.03. The van der Waals surface area contributed by atoms with Crippen molar-refractivity contribution in [1.82, 2.24) is 15.5 Å². The fourth-order valence-electron chi connectivity index (χ4n) is 3.44. The Labute approximate surface area is 199 Å². The molecule has 0 radical (unpaired) electrons. The minimum Gasteiger partial charge on any atom is -0.367 e. The van der Waals surface area contributed by atoms with Crippen LogP contribution in [-0.2, 0) is 22.7 Å². The van der Waals surface area contributed by atoms with E-state index in [0.29, 0.717) is 31.0 Å². The molecule has 1 saturated heterocycles. The second-order valence-corrected chi connectivity index (χ2v) is 7.32. The lowest BCUT2D eigenvalue weighted by molar-refractivity contribution is -0.176. The number of hydrogen-bond acceptors (Lipinski definition) is 3. The maximum absolute atomic E-state index is 12.1. The highest BCUT2D eigenvalue weighted by Crippen LogP contribution is 2.18. The molecular formula is C21H32F3IN4O2. The first-order valence-electron chi connectivity index (χ1n) is 10.3. The van der Waals surface area contributed by atoms with E-state index in [1.54, 1.807) is 19.2 Å². The van der Waals surface area contributed by atoms with Gasteiger partial charge in [0.2, 0.25) is 5.91 Å². The lowest BCUT2D eigenvalue weighted by atomic mass is 10.1. The fourth-order valence-corrected chi connectivity index (χ4v) is 3.44. The van der Waals surface area contributed by atoms with Crippen molar-refractivity contribution in [3.8, 4) is 0 Å². The molecule has 2 rings (SSSR count). The van der Waals surface area contributed by atoms with Crippen molar-refractivity contribution < 1.29 is 22.7 Å². The molecule has 1 atom stereocenters. The summed E-state index contributed by atoms with van der Waals surface area (Å²) in [5, 5.41) is 6.49. The van der Waals surface area contributed by atoms with Gasteiger partial charge < -0.3 is 20.3 Å². The molecule has 1 heterocycles. The summed E-state index contributed by atoms with van der Waals surface area (Å²) in [5.41, 5.74) is 1.67. The Kier molecular flexibility index (Phi) is 12.2. The molecule has 0 saturated carbocycles. The van der Waals surface area contributed by atoms with E-state index in [4.69, 9.17) is 0 Å². The Balaban J connectivity index is 0.00000480. The maximum atomic E-state index is 12.1. The van der Waals surface area contributed by atoms with E-state index in [0.717, 1.165) is 31.4 Å². The molecule has 1 aliphatic heterocycles. The van der Waals surface area contributed by atoms with Crippen LogP contribution in [0.3, 0.4) is 0 Å². The quantitative estimate of drug-likeness (QED) is 0.261. The van der Waals surface area contributed by atoms with Crippen molar-refractivity contribution in [2.45, 2.75) is 58.0 Å². The Morgan fingerprint density at radius 1 is 1.23 bits per heavy atom. The van der Waals surface area contributed by atoms with E-state index in [1.807, 2.05) is 17.0 Å². The van der Waals surface area contributed by atoms with Crippen molar-refractivity contribution >= 4 is 35.8 Å². The number of likely N-dealkylation sites (tertiary alicyclic amines) is 1. The first-order chi connectivity index (χ1) is 14.3. The summed E-state index contributed by atoms with van der Waals surface area (Å²) >= 11 is 0. The number of ether oxygens (including phenoxy) is 1. The van der Waals surface area contributed by atoms with Crippen LogP contribution in [0.1, 0.15) is 43.7 Å². The predicted molar refractivity (Wildman–Crippen MR) is 125 cm³/mol. The molecule has 10 heteroatoms. The summed E-state index contributed by atoms with van der Waals surface area (Å²) in [6.07, 6.45) is -0.929. The Morgan fingerprint density at radius 3 is 2.45 bits per heavy atom. The van der Waals surface area contributed by atoms with Crippen molar-refractivity contribution in [2.75, 3.05) is 26.7 Å². The van der Waals surface area contributed by atoms with Gasteiger partial charge in [0.25, 0.3) is 0 Å². The number of carbonyl (C=O) groups is 1. The normalized spacial score (nSPS) is 15.6. The number of amides is 1. The molecular weight excluding hydrogens is 524 g/mol. The average Bonchev–Trinajstić information content (AvgIpc) is 3.13. The van der Waals surface area contributed by atoms with Gasteiger partial charge in [0, 0.05) is 39.1 Å². The molecule has 0 spiro atoms. The smallest absolute Gasteiger partial charge is 0.367 e. The fraction of sp³-hybridized carbons (Fsp3) is 0.619. The third-order valence-corrected chi connectivity index (χ3v) is 5.03. The number of alkyl halides is 3. The molecule has 1 aromatic carbocycles. The van der Waals surface area contributed by atoms with Gasteiger partial charge in [-0.15, -0.1) is 24.0 Å². The van der Waals surface area contributed by atoms with E-state index in [-0.39, 0.29) is 42.5 Å². The van der Waals surface area contributed by atoms with Gasteiger partial charge in [-0.05, 0) is 30.4 Å². The SMILES string of the molecule is CCC(CCNC(=NC)NCc1ccc(COCC(F)(F)F)cc1)N1CCCC1=O.I. The molecule has 6 nitrogen and oxygen atoms in total. The Hall–Kier alpha value is -1.56. The van der Waals surface area contributed by atoms with Gasteiger partial charge in [-0.25, -0.2) is 0 Å². The first-order valence-corrected chi connectivity index (χ1v) is 10.3. The molecule has 1 aromatic rings. The van der Waals surface area contributed by atoms with Gasteiger partial charge in [-0.2, -0.15) is 13.2 Å². The van der Waals surface area contributed by atoms with E-state index in [1.165, 1.54) is 0 Å². The van der Waals surface area contributed by atoms with Crippen molar-refractivity contribution in [3.05, 3.63) is 35.4 Å². The highest BCUT2D eigenvalue weighted by Gasteiger charge is 2.27. The standard InChI is InChI=1S/C21H31F3N4O2.HI/c1-3-18(28-12-4-5-19(28)29)10-11-26-20(25-2)27-13-16-6-8-17(9-7-16)14-30-15-21(22,23)24;/h6-9,18H,3-5,10-15H2,1-2H3,(H2,25,26,27);1H. The molecule has 2 N–H and O–H groups in total. The monoisotopic (exact) mass is 556 g/mol. The topological polar surface area (TPSA) is 66.0 Å². The van der Waals surface area contributed by atoms with Gasteiger partial charge >= 0.3 is 6.18 Å². The summed E-state index contributed by atoms with van der Waals surface area (Å²) < 4.78 is 41.0. The van der Waals surface area contributed by atoms with Gasteiger partial charge in [-0.3, -0.25) is 9.79 Å².